The van der Waals surface area contributed by atoms with Crippen molar-refractivity contribution in [3.05, 3.63) is 29.8 Å². The molecule has 2 nitrogen and oxygen atoms in total. The third-order valence-corrected chi connectivity index (χ3v) is 4.19. The fourth-order valence-electron chi connectivity index (χ4n) is 1.91. The molecule has 0 heterocycles. The normalized spacial score (nSPS) is 15.6. The van der Waals surface area contributed by atoms with Crippen molar-refractivity contribution in [2.24, 2.45) is 0 Å². The van der Waals surface area contributed by atoms with Crippen LogP contribution in [0.3, 0.4) is 0 Å². The Balaban J connectivity index is 2.52. The SMILES string of the molecule is CC(COc1ccc(C(C)(C)C)cc1)OC(C)(C)C(C)Cl. The van der Waals surface area contributed by atoms with Gasteiger partial charge < -0.3 is 9.47 Å². The first-order valence-electron chi connectivity index (χ1n) is 7.57. The predicted molar refractivity (Wildman–Crippen MR) is 90.6 cm³/mol. The Kier molecular flexibility index (Phi) is 6.12. The summed E-state index contributed by atoms with van der Waals surface area (Å²) >= 11 is 6.12. The van der Waals surface area contributed by atoms with Crippen molar-refractivity contribution in [3.63, 3.8) is 0 Å². The minimum atomic E-state index is -0.361. The van der Waals surface area contributed by atoms with Crippen molar-refractivity contribution in [2.45, 2.75) is 71.0 Å². The van der Waals surface area contributed by atoms with Gasteiger partial charge in [-0.1, -0.05) is 32.9 Å². The molecular formula is C18H29ClO2. The minimum Gasteiger partial charge on any atom is -0.491 e. The molecule has 0 aliphatic rings. The van der Waals surface area contributed by atoms with E-state index in [1.54, 1.807) is 0 Å². The summed E-state index contributed by atoms with van der Waals surface area (Å²) in [4.78, 5) is 0. The highest BCUT2D eigenvalue weighted by Gasteiger charge is 2.27. The molecule has 0 saturated heterocycles. The van der Waals surface area contributed by atoms with E-state index in [9.17, 15) is 0 Å². The molecule has 0 radical (unpaired) electrons. The molecule has 0 aliphatic heterocycles. The Morgan fingerprint density at radius 1 is 1.00 bits per heavy atom. The number of hydrogen-bond acceptors (Lipinski definition) is 2. The van der Waals surface area contributed by atoms with Gasteiger partial charge in [0.25, 0.3) is 0 Å². The Morgan fingerprint density at radius 3 is 1.95 bits per heavy atom. The van der Waals surface area contributed by atoms with Crippen LogP contribution in [-0.4, -0.2) is 23.7 Å². The van der Waals surface area contributed by atoms with Crippen molar-refractivity contribution in [1.82, 2.24) is 0 Å². The molecule has 0 bridgehead atoms. The molecule has 0 aromatic heterocycles. The summed E-state index contributed by atoms with van der Waals surface area (Å²) in [6.07, 6.45) is -0.0107. The molecule has 0 saturated carbocycles. The Bertz CT molecular complexity index is 430. The zero-order valence-corrected chi connectivity index (χ0v) is 15.1. The fraction of sp³-hybridized carbons (Fsp3) is 0.667. The highest BCUT2D eigenvalue weighted by Crippen LogP contribution is 2.25. The van der Waals surface area contributed by atoms with E-state index < -0.39 is 0 Å². The highest BCUT2D eigenvalue weighted by atomic mass is 35.5. The van der Waals surface area contributed by atoms with Gasteiger partial charge in [-0.3, -0.25) is 0 Å². The van der Waals surface area contributed by atoms with Gasteiger partial charge in [0, 0.05) is 0 Å². The van der Waals surface area contributed by atoms with E-state index in [1.165, 1.54) is 5.56 Å². The topological polar surface area (TPSA) is 18.5 Å². The van der Waals surface area contributed by atoms with E-state index in [-0.39, 0.29) is 22.5 Å². The fourth-order valence-corrected chi connectivity index (χ4v) is 1.96. The number of halogens is 1. The summed E-state index contributed by atoms with van der Waals surface area (Å²) in [5.74, 6) is 0.871. The lowest BCUT2D eigenvalue weighted by Crippen LogP contribution is -2.38. The van der Waals surface area contributed by atoms with E-state index >= 15 is 0 Å². The van der Waals surface area contributed by atoms with Crippen LogP contribution in [0, 0.1) is 0 Å². The maximum atomic E-state index is 6.12. The van der Waals surface area contributed by atoms with Crippen LogP contribution in [0.2, 0.25) is 0 Å². The second kappa shape index (κ2) is 7.02. The maximum Gasteiger partial charge on any atom is 0.119 e. The number of rotatable bonds is 6. The molecule has 1 rings (SSSR count). The van der Waals surface area contributed by atoms with Crippen LogP contribution in [-0.2, 0) is 10.2 Å². The summed E-state index contributed by atoms with van der Waals surface area (Å²) < 4.78 is 11.7. The van der Waals surface area contributed by atoms with Crippen LogP contribution in [0.1, 0.15) is 54.0 Å². The Hall–Kier alpha value is -0.730. The molecule has 0 N–H and O–H groups in total. The quantitative estimate of drug-likeness (QED) is 0.674. The monoisotopic (exact) mass is 312 g/mol. The van der Waals surface area contributed by atoms with Crippen LogP contribution in [0.4, 0.5) is 0 Å². The second-order valence-corrected chi connectivity index (χ2v) is 7.89. The van der Waals surface area contributed by atoms with Gasteiger partial charge in [0.15, 0.2) is 0 Å². The Labute approximate surface area is 134 Å². The van der Waals surface area contributed by atoms with Gasteiger partial charge in [-0.15, -0.1) is 11.6 Å². The lowest BCUT2D eigenvalue weighted by Gasteiger charge is -2.31. The van der Waals surface area contributed by atoms with Gasteiger partial charge in [0.2, 0.25) is 0 Å². The molecular weight excluding hydrogens is 284 g/mol. The van der Waals surface area contributed by atoms with Crippen molar-refractivity contribution >= 4 is 11.6 Å². The average molecular weight is 313 g/mol. The largest absolute Gasteiger partial charge is 0.491 e. The van der Waals surface area contributed by atoms with Gasteiger partial charge in [-0.05, 0) is 50.8 Å². The van der Waals surface area contributed by atoms with Crippen LogP contribution >= 0.6 is 11.6 Å². The first-order valence-corrected chi connectivity index (χ1v) is 8.01. The van der Waals surface area contributed by atoms with E-state index in [4.69, 9.17) is 21.1 Å². The number of alkyl halides is 1. The maximum absolute atomic E-state index is 6.12. The third-order valence-electron chi connectivity index (χ3n) is 3.67. The Morgan fingerprint density at radius 2 is 1.52 bits per heavy atom. The molecule has 2 unspecified atom stereocenters. The van der Waals surface area contributed by atoms with Gasteiger partial charge in [-0.25, -0.2) is 0 Å². The van der Waals surface area contributed by atoms with Crippen molar-refractivity contribution < 1.29 is 9.47 Å². The molecule has 21 heavy (non-hydrogen) atoms. The molecule has 2 atom stereocenters. The molecule has 1 aromatic carbocycles. The number of benzene rings is 1. The van der Waals surface area contributed by atoms with Gasteiger partial charge in [0.05, 0.1) is 17.1 Å². The summed E-state index contributed by atoms with van der Waals surface area (Å²) in [5.41, 5.74) is 1.10. The van der Waals surface area contributed by atoms with Crippen LogP contribution < -0.4 is 4.74 Å². The van der Waals surface area contributed by atoms with E-state index in [2.05, 4.69) is 32.9 Å². The van der Waals surface area contributed by atoms with Crippen molar-refractivity contribution in [3.8, 4) is 5.75 Å². The van der Waals surface area contributed by atoms with Gasteiger partial charge >= 0.3 is 0 Å². The summed E-state index contributed by atoms with van der Waals surface area (Å²) in [5, 5.41) is -0.0500. The van der Waals surface area contributed by atoms with Crippen LogP contribution in [0.25, 0.3) is 0 Å². The van der Waals surface area contributed by atoms with Crippen LogP contribution in [0.5, 0.6) is 5.75 Å². The zero-order chi connectivity index (χ0) is 16.3. The molecule has 3 heteroatoms. The number of ether oxygens (including phenoxy) is 2. The smallest absolute Gasteiger partial charge is 0.119 e. The lowest BCUT2D eigenvalue weighted by molar-refractivity contribution is -0.0774. The third kappa shape index (κ3) is 5.88. The molecule has 0 aliphatic carbocycles. The summed E-state index contributed by atoms with van der Waals surface area (Å²) in [6.45, 7) is 15.1. The van der Waals surface area contributed by atoms with E-state index in [0.717, 1.165) is 5.75 Å². The average Bonchev–Trinajstić information content (AvgIpc) is 2.35. The van der Waals surface area contributed by atoms with Gasteiger partial charge in [-0.2, -0.15) is 0 Å². The van der Waals surface area contributed by atoms with Crippen molar-refractivity contribution in [1.29, 1.82) is 0 Å². The highest BCUT2D eigenvalue weighted by molar-refractivity contribution is 6.21. The molecule has 120 valence electrons. The van der Waals surface area contributed by atoms with Gasteiger partial charge in [0.1, 0.15) is 12.4 Å². The predicted octanol–water partition coefficient (Wildman–Crippen LogP) is 5.17. The number of hydrogen-bond donors (Lipinski definition) is 0. The zero-order valence-electron chi connectivity index (χ0n) is 14.4. The molecule has 0 spiro atoms. The first kappa shape index (κ1) is 18.3. The van der Waals surface area contributed by atoms with Crippen LogP contribution in [0.15, 0.2) is 24.3 Å². The summed E-state index contributed by atoms with van der Waals surface area (Å²) in [7, 11) is 0. The molecule has 0 fully saturated rings. The molecule has 1 aromatic rings. The second-order valence-electron chi connectivity index (χ2n) is 7.23. The lowest BCUT2D eigenvalue weighted by atomic mass is 9.87. The van der Waals surface area contributed by atoms with E-state index in [0.29, 0.717) is 6.61 Å². The standard InChI is InChI=1S/C18H29ClO2/c1-13(21-18(6,7)14(2)19)12-20-16-10-8-15(9-11-16)17(3,4)5/h8-11,13-14H,12H2,1-7H3. The first-order chi connectivity index (χ1) is 9.52. The van der Waals surface area contributed by atoms with E-state index in [1.807, 2.05) is 39.8 Å². The van der Waals surface area contributed by atoms with Crippen molar-refractivity contribution in [2.75, 3.05) is 6.61 Å². The minimum absolute atomic E-state index is 0.0107. The summed E-state index contributed by atoms with van der Waals surface area (Å²) in [6, 6.07) is 8.27. The molecule has 0 amide bonds.